The van der Waals surface area contributed by atoms with Crippen LogP contribution in [-0.2, 0) is 10.0 Å². The monoisotopic (exact) mass is 430 g/mol. The lowest BCUT2D eigenvalue weighted by atomic mass is 10.2. The number of hydrogen-bond donors (Lipinski definition) is 2. The fraction of sp³-hybridized carbons (Fsp3) is 0.381. The van der Waals surface area contributed by atoms with Crippen molar-refractivity contribution in [2.45, 2.75) is 50.5 Å². The Bertz CT molecular complexity index is 1000. The zero-order valence-corrected chi connectivity index (χ0v) is 17.9. The van der Waals surface area contributed by atoms with Crippen molar-refractivity contribution >= 4 is 27.5 Å². The van der Waals surface area contributed by atoms with E-state index in [1.165, 1.54) is 18.3 Å². The van der Waals surface area contributed by atoms with Crippen molar-refractivity contribution in [3.05, 3.63) is 48.2 Å². The number of carbonyl (C=O) groups is 1. The van der Waals surface area contributed by atoms with E-state index in [0.29, 0.717) is 35.9 Å². The first-order chi connectivity index (χ1) is 14.3. The molecular weight excluding hydrogens is 404 g/mol. The number of sulfonamides is 1. The Hall–Kier alpha value is -2.94. The van der Waals surface area contributed by atoms with Gasteiger partial charge in [-0.2, -0.15) is 0 Å². The van der Waals surface area contributed by atoms with E-state index in [-0.39, 0.29) is 16.9 Å². The molecule has 30 heavy (non-hydrogen) atoms. The number of hydrogen-bond acceptors (Lipinski definition) is 6. The van der Waals surface area contributed by atoms with Gasteiger partial charge in [-0.25, -0.2) is 13.4 Å². The second-order valence-corrected chi connectivity index (χ2v) is 8.96. The predicted molar refractivity (Wildman–Crippen MR) is 115 cm³/mol. The number of carbonyl (C=O) groups excluding carboxylic acids is 1. The number of rotatable bonds is 6. The van der Waals surface area contributed by atoms with Gasteiger partial charge in [0.2, 0.25) is 5.88 Å². The summed E-state index contributed by atoms with van der Waals surface area (Å²) in [5.41, 5.74) is 0.851. The minimum absolute atomic E-state index is 0.00362. The summed E-state index contributed by atoms with van der Waals surface area (Å²) in [7, 11) is -3.71. The van der Waals surface area contributed by atoms with Gasteiger partial charge < -0.3 is 10.1 Å². The van der Waals surface area contributed by atoms with Crippen molar-refractivity contribution < 1.29 is 17.9 Å². The Morgan fingerprint density at radius 1 is 1.07 bits per heavy atom. The molecule has 9 heteroatoms. The van der Waals surface area contributed by atoms with Crippen LogP contribution < -0.4 is 14.8 Å². The van der Waals surface area contributed by atoms with E-state index in [2.05, 4.69) is 20.0 Å². The van der Waals surface area contributed by atoms with Crippen molar-refractivity contribution in [1.82, 2.24) is 9.71 Å². The lowest BCUT2D eigenvalue weighted by Gasteiger charge is -2.11. The number of pyridine rings is 1. The van der Waals surface area contributed by atoms with Crippen LogP contribution in [0.4, 0.5) is 5.69 Å². The average Bonchev–Trinajstić information content (AvgIpc) is 2.96. The minimum Gasteiger partial charge on any atom is -0.475 e. The molecule has 0 aliphatic carbocycles. The number of benzene rings is 1. The number of amides is 1. The van der Waals surface area contributed by atoms with Crippen LogP contribution in [0.2, 0.25) is 0 Å². The summed E-state index contributed by atoms with van der Waals surface area (Å²) >= 11 is 0. The van der Waals surface area contributed by atoms with Crippen LogP contribution in [0.3, 0.4) is 0 Å². The number of ether oxygens (including phenoxy) is 1. The van der Waals surface area contributed by atoms with E-state index in [1.54, 1.807) is 24.3 Å². The van der Waals surface area contributed by atoms with Gasteiger partial charge in [0, 0.05) is 30.9 Å². The van der Waals surface area contributed by atoms with Crippen molar-refractivity contribution in [1.29, 1.82) is 0 Å². The molecule has 0 unspecified atom stereocenters. The quantitative estimate of drug-likeness (QED) is 0.730. The molecule has 2 heterocycles. The smallest absolute Gasteiger partial charge is 0.262 e. The SMILES string of the molecule is CC(C)Oc1ccc(C(=O)Nc2ccc(S(=O)(=O)NC3=NCCCCC3)cc2)cn1. The van der Waals surface area contributed by atoms with Crippen molar-refractivity contribution in [2.24, 2.45) is 4.99 Å². The molecule has 1 aromatic heterocycles. The molecule has 0 fully saturated rings. The Morgan fingerprint density at radius 2 is 1.83 bits per heavy atom. The average molecular weight is 431 g/mol. The lowest BCUT2D eigenvalue weighted by molar-refractivity contribution is 0.102. The van der Waals surface area contributed by atoms with Crippen molar-refractivity contribution in [3.8, 4) is 5.88 Å². The molecular formula is C21H26N4O4S. The Labute approximate surface area is 176 Å². The van der Waals surface area contributed by atoms with Gasteiger partial charge in [0.1, 0.15) is 5.84 Å². The molecule has 0 spiro atoms. The number of aliphatic imine (C=N–C) groups is 1. The molecule has 0 bridgehead atoms. The molecule has 1 aliphatic rings. The van der Waals surface area contributed by atoms with Crippen LogP contribution in [-0.4, -0.2) is 37.8 Å². The first kappa shape index (κ1) is 21.8. The maximum atomic E-state index is 12.6. The number of nitrogens with one attached hydrogen (secondary N) is 2. The highest BCUT2D eigenvalue weighted by Gasteiger charge is 2.17. The van der Waals surface area contributed by atoms with Gasteiger partial charge in [-0.15, -0.1) is 0 Å². The van der Waals surface area contributed by atoms with Gasteiger partial charge in [-0.05, 0) is 57.0 Å². The molecule has 0 radical (unpaired) electrons. The van der Waals surface area contributed by atoms with E-state index < -0.39 is 10.0 Å². The van der Waals surface area contributed by atoms with Crippen LogP contribution in [0.25, 0.3) is 0 Å². The number of amidine groups is 1. The Kier molecular flexibility index (Phi) is 7.04. The molecule has 1 aromatic carbocycles. The molecule has 1 amide bonds. The zero-order chi connectivity index (χ0) is 21.6. The van der Waals surface area contributed by atoms with Crippen LogP contribution in [0, 0.1) is 0 Å². The third kappa shape index (κ3) is 6.03. The zero-order valence-electron chi connectivity index (χ0n) is 17.1. The third-order valence-electron chi connectivity index (χ3n) is 4.40. The molecule has 0 saturated carbocycles. The van der Waals surface area contributed by atoms with E-state index in [1.807, 2.05) is 13.8 Å². The normalized spacial score (nSPS) is 14.6. The molecule has 8 nitrogen and oxygen atoms in total. The molecule has 2 aromatic rings. The van der Waals surface area contributed by atoms with Gasteiger partial charge in [0.15, 0.2) is 0 Å². The molecule has 1 aliphatic heterocycles. The first-order valence-electron chi connectivity index (χ1n) is 9.94. The van der Waals surface area contributed by atoms with E-state index in [4.69, 9.17) is 4.74 Å². The summed E-state index contributed by atoms with van der Waals surface area (Å²) in [5, 5.41) is 2.73. The summed E-state index contributed by atoms with van der Waals surface area (Å²) in [6, 6.07) is 9.25. The lowest BCUT2D eigenvalue weighted by Crippen LogP contribution is -2.30. The number of nitrogens with zero attached hydrogens (tertiary/aromatic N) is 2. The fourth-order valence-corrected chi connectivity index (χ4v) is 4.01. The Balaban J connectivity index is 1.63. The van der Waals surface area contributed by atoms with Gasteiger partial charge in [0.25, 0.3) is 15.9 Å². The molecule has 2 N–H and O–H groups in total. The summed E-state index contributed by atoms with van der Waals surface area (Å²) in [6.07, 6.45) is 5.00. The van der Waals surface area contributed by atoms with E-state index in [9.17, 15) is 13.2 Å². The van der Waals surface area contributed by atoms with Gasteiger partial charge in [0.05, 0.1) is 16.6 Å². The molecule has 160 valence electrons. The van der Waals surface area contributed by atoms with E-state index in [0.717, 1.165) is 19.3 Å². The first-order valence-corrected chi connectivity index (χ1v) is 11.4. The van der Waals surface area contributed by atoms with Gasteiger partial charge in [-0.3, -0.25) is 14.5 Å². The second-order valence-electron chi connectivity index (χ2n) is 7.27. The highest BCUT2D eigenvalue weighted by molar-refractivity contribution is 7.90. The fourth-order valence-electron chi connectivity index (χ4n) is 2.92. The number of aromatic nitrogens is 1. The second kappa shape index (κ2) is 9.71. The van der Waals surface area contributed by atoms with Gasteiger partial charge >= 0.3 is 0 Å². The maximum absolute atomic E-state index is 12.6. The third-order valence-corrected chi connectivity index (χ3v) is 5.80. The van der Waals surface area contributed by atoms with E-state index >= 15 is 0 Å². The van der Waals surface area contributed by atoms with Crippen molar-refractivity contribution in [3.63, 3.8) is 0 Å². The minimum atomic E-state index is -3.71. The summed E-state index contributed by atoms with van der Waals surface area (Å²) in [4.78, 5) is 20.9. The van der Waals surface area contributed by atoms with Crippen molar-refractivity contribution in [2.75, 3.05) is 11.9 Å². The number of anilines is 1. The topological polar surface area (TPSA) is 110 Å². The van der Waals surface area contributed by atoms with Crippen LogP contribution in [0.5, 0.6) is 5.88 Å². The highest BCUT2D eigenvalue weighted by Crippen LogP contribution is 2.17. The predicted octanol–water partition coefficient (Wildman–Crippen LogP) is 3.37. The highest BCUT2D eigenvalue weighted by atomic mass is 32.2. The summed E-state index contributed by atoms with van der Waals surface area (Å²) in [5.74, 6) is 0.601. The molecule has 0 saturated heterocycles. The van der Waals surface area contributed by atoms with Crippen LogP contribution in [0.1, 0.15) is 49.9 Å². The van der Waals surface area contributed by atoms with Crippen LogP contribution in [0.15, 0.2) is 52.5 Å². The molecule has 0 atom stereocenters. The Morgan fingerprint density at radius 3 is 2.50 bits per heavy atom. The van der Waals surface area contributed by atoms with Crippen LogP contribution >= 0.6 is 0 Å². The van der Waals surface area contributed by atoms with Gasteiger partial charge in [-0.1, -0.05) is 6.42 Å². The maximum Gasteiger partial charge on any atom is 0.262 e. The molecule has 3 rings (SSSR count). The standard InChI is InChI=1S/C21H26N4O4S/c1-15(2)29-20-12-7-16(14-23-20)21(26)24-17-8-10-18(11-9-17)30(27,28)25-19-6-4-3-5-13-22-19/h7-12,14-15H,3-6,13H2,1-2H3,(H,22,25)(H,24,26). The largest absolute Gasteiger partial charge is 0.475 e. The summed E-state index contributed by atoms with van der Waals surface area (Å²) < 4.78 is 33.2. The summed E-state index contributed by atoms with van der Waals surface area (Å²) in [6.45, 7) is 4.43.